The van der Waals surface area contributed by atoms with Gasteiger partial charge in [-0.2, -0.15) is 0 Å². The highest BCUT2D eigenvalue weighted by Crippen LogP contribution is 2.61. The van der Waals surface area contributed by atoms with Gasteiger partial charge in [0.25, 0.3) is 0 Å². The Morgan fingerprint density at radius 1 is 0.939 bits per heavy atom. The van der Waals surface area contributed by atoms with Gasteiger partial charge < -0.3 is 24.1 Å². The minimum absolute atomic E-state index is 0.195. The van der Waals surface area contributed by atoms with Crippen LogP contribution in [0.15, 0.2) is 0 Å². The normalized spacial score (nSPS) is 45.7. The molecule has 0 radical (unpaired) electrons. The lowest BCUT2D eigenvalue weighted by Crippen LogP contribution is -2.54. The van der Waals surface area contributed by atoms with E-state index in [1.807, 2.05) is 0 Å². The van der Waals surface area contributed by atoms with Crippen molar-refractivity contribution in [2.24, 2.45) is 41.4 Å². The smallest absolute Gasteiger partial charge is 0.310 e. The van der Waals surface area contributed by atoms with Gasteiger partial charge in [0.15, 0.2) is 5.78 Å². The number of hydrogen-bond acceptors (Lipinski definition) is 9. The Labute approximate surface area is 190 Å². The number of esters is 3. The minimum Gasteiger partial charge on any atom is -0.542 e. The molecule has 7 rings (SSSR count). The minimum atomic E-state index is -1.84. The van der Waals surface area contributed by atoms with Gasteiger partial charge in [-0.15, -0.1) is 0 Å². The molecule has 33 heavy (non-hydrogen) atoms. The summed E-state index contributed by atoms with van der Waals surface area (Å²) in [6.07, 6.45) is 4.59. The summed E-state index contributed by atoms with van der Waals surface area (Å²) in [6, 6.07) is 0. The van der Waals surface area contributed by atoms with Crippen LogP contribution in [0, 0.1) is 41.4 Å². The van der Waals surface area contributed by atoms with Crippen molar-refractivity contribution in [3.63, 3.8) is 0 Å². The van der Waals surface area contributed by atoms with E-state index >= 15 is 0 Å². The van der Waals surface area contributed by atoms with Crippen LogP contribution in [0.4, 0.5) is 0 Å². The molecule has 0 aromatic rings. The number of ketones is 1. The number of ether oxygens (including phenoxy) is 3. The van der Waals surface area contributed by atoms with Crippen molar-refractivity contribution in [1.29, 1.82) is 0 Å². The third-order valence-corrected chi connectivity index (χ3v) is 9.17. The number of hydrogen-bond donors (Lipinski definition) is 0. The standard InChI is InChI=1S/C24H28O9/c25-15(21(27)28)1-2-16(26)31-19-14-6-13-17(22(29)32-20(13)19)18(14)23(30)33-24-7-10-3-11(8-24)5-12(4-10)9-24/h10-14,17-20H,1-9H2,(H,27,28)/p-1. The summed E-state index contributed by atoms with van der Waals surface area (Å²) in [5.41, 5.74) is -0.424. The Morgan fingerprint density at radius 2 is 1.58 bits per heavy atom. The molecule has 6 saturated carbocycles. The first kappa shape index (κ1) is 21.1. The van der Waals surface area contributed by atoms with Crippen LogP contribution in [-0.4, -0.2) is 47.5 Å². The van der Waals surface area contributed by atoms with Crippen molar-refractivity contribution < 1.29 is 43.3 Å². The van der Waals surface area contributed by atoms with Gasteiger partial charge in [-0.05, 0) is 62.7 Å². The third kappa shape index (κ3) is 3.29. The summed E-state index contributed by atoms with van der Waals surface area (Å²) in [5, 5.41) is 10.6. The highest BCUT2D eigenvalue weighted by atomic mass is 16.6. The molecule has 1 aliphatic heterocycles. The Balaban J connectivity index is 1.16. The van der Waals surface area contributed by atoms with Crippen molar-refractivity contribution in [3.05, 3.63) is 0 Å². The molecule has 6 atom stereocenters. The lowest BCUT2D eigenvalue weighted by atomic mass is 9.54. The summed E-state index contributed by atoms with van der Waals surface area (Å²) >= 11 is 0. The highest BCUT2D eigenvalue weighted by Gasteiger charge is 2.70. The Bertz CT molecular complexity index is 903. The van der Waals surface area contributed by atoms with Crippen LogP contribution in [-0.2, 0) is 38.2 Å². The van der Waals surface area contributed by atoms with Crippen LogP contribution < -0.4 is 5.11 Å². The first-order valence-electron chi connectivity index (χ1n) is 12.1. The highest BCUT2D eigenvalue weighted by molar-refractivity contribution is 6.31. The van der Waals surface area contributed by atoms with Gasteiger partial charge in [0.05, 0.1) is 18.3 Å². The molecule has 9 heteroatoms. The number of Topliss-reactive ketones (excluding diaryl/α,β-unsaturated/α-hetero) is 1. The SMILES string of the molecule is O=C(CCC(=O)C(=O)[O-])OC1C2CC3C1OC(=O)C3C2C(=O)OC12CC3CC(CC(C3)C1)C2. The topological polar surface area (TPSA) is 136 Å². The molecular weight excluding hydrogens is 432 g/mol. The molecule has 6 bridgehead atoms. The average molecular weight is 459 g/mol. The van der Waals surface area contributed by atoms with Crippen molar-refractivity contribution in [3.8, 4) is 0 Å². The number of carboxylic acid groups (broad SMARTS) is 1. The fourth-order valence-corrected chi connectivity index (χ4v) is 8.43. The second-order valence-corrected chi connectivity index (χ2v) is 11.2. The predicted molar refractivity (Wildman–Crippen MR) is 105 cm³/mol. The molecule has 1 heterocycles. The molecule has 0 spiro atoms. The lowest BCUT2D eigenvalue weighted by molar-refractivity contribution is -0.300. The van der Waals surface area contributed by atoms with Crippen LogP contribution in [0.5, 0.6) is 0 Å². The monoisotopic (exact) mass is 459 g/mol. The number of aliphatic carboxylic acids is 1. The molecule has 178 valence electrons. The largest absolute Gasteiger partial charge is 0.542 e. The average Bonchev–Trinajstić information content (AvgIpc) is 3.34. The van der Waals surface area contributed by atoms with Crippen LogP contribution in [0.3, 0.4) is 0 Å². The molecule has 6 unspecified atom stereocenters. The van der Waals surface area contributed by atoms with Crippen LogP contribution >= 0.6 is 0 Å². The maximum atomic E-state index is 13.5. The van der Waals surface area contributed by atoms with Crippen molar-refractivity contribution in [1.82, 2.24) is 0 Å². The summed E-state index contributed by atoms with van der Waals surface area (Å²) in [4.78, 5) is 60.2. The fraction of sp³-hybridized carbons (Fsp3) is 0.792. The molecule has 0 N–H and O–H groups in total. The maximum absolute atomic E-state index is 13.5. The molecule has 0 amide bonds. The first-order chi connectivity index (χ1) is 15.7. The number of rotatable bonds is 7. The number of carbonyl (C=O) groups is 5. The fourth-order valence-electron chi connectivity index (χ4n) is 8.43. The summed E-state index contributed by atoms with van der Waals surface area (Å²) in [5.74, 6) is -4.58. The number of fused-ring (bicyclic) bond motifs is 1. The molecular formula is C24H27O9-. The third-order valence-electron chi connectivity index (χ3n) is 9.17. The van der Waals surface area contributed by atoms with Crippen LogP contribution in [0.2, 0.25) is 0 Å². The van der Waals surface area contributed by atoms with E-state index in [4.69, 9.17) is 14.2 Å². The number of carboxylic acids is 1. The summed E-state index contributed by atoms with van der Waals surface area (Å²) < 4.78 is 17.3. The van der Waals surface area contributed by atoms with E-state index in [9.17, 15) is 29.1 Å². The van der Waals surface area contributed by atoms with E-state index in [1.165, 1.54) is 19.3 Å². The molecule has 0 aromatic carbocycles. The van der Waals surface area contributed by atoms with Gasteiger partial charge in [-0.25, -0.2) is 0 Å². The van der Waals surface area contributed by atoms with E-state index in [-0.39, 0.29) is 17.8 Å². The van der Waals surface area contributed by atoms with Crippen molar-refractivity contribution >= 4 is 29.7 Å². The molecule has 6 aliphatic carbocycles. The van der Waals surface area contributed by atoms with Gasteiger partial charge in [-0.1, -0.05) is 0 Å². The second-order valence-electron chi connectivity index (χ2n) is 11.2. The molecule has 7 aliphatic rings. The quantitative estimate of drug-likeness (QED) is 0.299. The Morgan fingerprint density at radius 3 is 2.18 bits per heavy atom. The van der Waals surface area contributed by atoms with Gasteiger partial charge in [0, 0.05) is 18.3 Å². The van der Waals surface area contributed by atoms with E-state index in [1.54, 1.807) is 0 Å². The van der Waals surface area contributed by atoms with Crippen molar-refractivity contribution in [2.75, 3.05) is 0 Å². The Kier molecular flexibility index (Phi) is 4.65. The molecule has 0 aromatic heterocycles. The number of carbonyl (C=O) groups excluding carboxylic acids is 5. The predicted octanol–water partition coefficient (Wildman–Crippen LogP) is 0.317. The Hall–Kier alpha value is -2.45. The second kappa shape index (κ2) is 7.27. The zero-order chi connectivity index (χ0) is 23.1. The zero-order valence-corrected chi connectivity index (χ0v) is 18.2. The van der Waals surface area contributed by atoms with Crippen LogP contribution in [0.25, 0.3) is 0 Å². The van der Waals surface area contributed by atoms with E-state index in [0.717, 1.165) is 19.3 Å². The molecule has 1 saturated heterocycles. The van der Waals surface area contributed by atoms with Gasteiger partial charge >= 0.3 is 17.9 Å². The van der Waals surface area contributed by atoms with Gasteiger partial charge in [0.1, 0.15) is 23.8 Å². The van der Waals surface area contributed by atoms with Crippen LogP contribution in [0.1, 0.15) is 57.8 Å². The zero-order valence-electron chi connectivity index (χ0n) is 18.2. The van der Waals surface area contributed by atoms with E-state index in [2.05, 4.69) is 0 Å². The van der Waals surface area contributed by atoms with Crippen molar-refractivity contribution in [2.45, 2.75) is 75.6 Å². The molecule has 9 nitrogen and oxygen atoms in total. The molecule has 7 fully saturated rings. The maximum Gasteiger partial charge on any atom is 0.310 e. The van der Waals surface area contributed by atoms with E-state index in [0.29, 0.717) is 24.2 Å². The first-order valence-corrected chi connectivity index (χ1v) is 12.1. The lowest BCUT2D eigenvalue weighted by Gasteiger charge is -2.56. The summed E-state index contributed by atoms with van der Waals surface area (Å²) in [6.45, 7) is 0. The van der Waals surface area contributed by atoms with Gasteiger partial charge in [0.2, 0.25) is 0 Å². The van der Waals surface area contributed by atoms with Gasteiger partial charge in [-0.3, -0.25) is 19.2 Å². The summed E-state index contributed by atoms with van der Waals surface area (Å²) in [7, 11) is 0. The van der Waals surface area contributed by atoms with E-state index < -0.39 is 66.2 Å².